The fraction of sp³-hybridized carbons (Fsp3) is 0.364. The standard InChI is InChI=1S/C11H12N2O/c1-13-11-7-14-6-9-4-8(5-12)2-3-10(9)11/h2-4,11,13H,6-7H2,1H3/t11-/m1/s1. The van der Waals surface area contributed by atoms with Crippen LogP contribution in [-0.2, 0) is 11.3 Å². The van der Waals surface area contributed by atoms with Gasteiger partial charge < -0.3 is 10.1 Å². The maximum atomic E-state index is 8.76. The molecule has 2 rings (SSSR count). The number of nitriles is 1. The number of hydrogen-bond acceptors (Lipinski definition) is 3. The van der Waals surface area contributed by atoms with Gasteiger partial charge in [-0.05, 0) is 30.3 Å². The molecule has 3 nitrogen and oxygen atoms in total. The first kappa shape index (κ1) is 9.20. The van der Waals surface area contributed by atoms with Crippen molar-refractivity contribution in [3.63, 3.8) is 0 Å². The lowest BCUT2D eigenvalue weighted by atomic mass is 9.97. The number of fused-ring (bicyclic) bond motifs is 1. The largest absolute Gasteiger partial charge is 0.375 e. The molecule has 0 unspecified atom stereocenters. The summed E-state index contributed by atoms with van der Waals surface area (Å²) in [6.07, 6.45) is 0. The first-order chi connectivity index (χ1) is 6.85. The van der Waals surface area contributed by atoms with Crippen molar-refractivity contribution >= 4 is 0 Å². The molecule has 72 valence electrons. The Hall–Kier alpha value is -1.37. The highest BCUT2D eigenvalue weighted by Gasteiger charge is 2.18. The first-order valence-electron chi connectivity index (χ1n) is 4.63. The minimum absolute atomic E-state index is 0.256. The van der Waals surface area contributed by atoms with Gasteiger partial charge in [0.1, 0.15) is 0 Å². The summed E-state index contributed by atoms with van der Waals surface area (Å²) in [5.74, 6) is 0. The number of hydrogen-bond donors (Lipinski definition) is 1. The number of ether oxygens (including phenoxy) is 1. The number of rotatable bonds is 1. The second kappa shape index (κ2) is 3.79. The van der Waals surface area contributed by atoms with Crippen molar-refractivity contribution in [1.29, 1.82) is 5.26 Å². The van der Waals surface area contributed by atoms with Crippen molar-refractivity contribution in [2.24, 2.45) is 0 Å². The molecule has 3 heteroatoms. The number of nitrogens with one attached hydrogen (secondary N) is 1. The van der Waals surface area contributed by atoms with Crippen LogP contribution in [0.25, 0.3) is 0 Å². The second-order valence-electron chi connectivity index (χ2n) is 3.38. The van der Waals surface area contributed by atoms with Gasteiger partial charge in [0.05, 0.1) is 30.9 Å². The zero-order valence-corrected chi connectivity index (χ0v) is 8.08. The zero-order chi connectivity index (χ0) is 9.97. The Morgan fingerprint density at radius 2 is 2.43 bits per heavy atom. The zero-order valence-electron chi connectivity index (χ0n) is 8.08. The molecule has 1 aromatic rings. The molecule has 0 bridgehead atoms. The summed E-state index contributed by atoms with van der Waals surface area (Å²) in [6.45, 7) is 1.32. The van der Waals surface area contributed by atoms with Gasteiger partial charge in [-0.15, -0.1) is 0 Å². The molecule has 0 aromatic heterocycles. The van der Waals surface area contributed by atoms with E-state index in [1.165, 1.54) is 5.56 Å². The molecule has 1 heterocycles. The fourth-order valence-corrected chi connectivity index (χ4v) is 1.76. The van der Waals surface area contributed by atoms with Crippen LogP contribution in [0.4, 0.5) is 0 Å². The minimum atomic E-state index is 0.256. The summed E-state index contributed by atoms with van der Waals surface area (Å²) in [5.41, 5.74) is 3.07. The highest BCUT2D eigenvalue weighted by atomic mass is 16.5. The lowest BCUT2D eigenvalue weighted by Gasteiger charge is -2.25. The average Bonchev–Trinajstić information content (AvgIpc) is 2.27. The molecule has 0 saturated carbocycles. The second-order valence-corrected chi connectivity index (χ2v) is 3.38. The van der Waals surface area contributed by atoms with E-state index in [1.54, 1.807) is 0 Å². The van der Waals surface area contributed by atoms with E-state index in [2.05, 4.69) is 11.4 Å². The molecule has 0 spiro atoms. The molecule has 0 fully saturated rings. The predicted molar refractivity (Wildman–Crippen MR) is 52.6 cm³/mol. The van der Waals surface area contributed by atoms with Crippen LogP contribution in [0, 0.1) is 11.3 Å². The molecule has 1 N–H and O–H groups in total. The van der Waals surface area contributed by atoms with Crippen molar-refractivity contribution in [3.8, 4) is 6.07 Å². The molecule has 1 atom stereocenters. The first-order valence-corrected chi connectivity index (χ1v) is 4.63. The van der Waals surface area contributed by atoms with Gasteiger partial charge in [0.25, 0.3) is 0 Å². The smallest absolute Gasteiger partial charge is 0.0991 e. The topological polar surface area (TPSA) is 45.0 Å². The van der Waals surface area contributed by atoms with Crippen LogP contribution in [-0.4, -0.2) is 13.7 Å². The molecular formula is C11H12N2O. The van der Waals surface area contributed by atoms with E-state index >= 15 is 0 Å². The van der Waals surface area contributed by atoms with E-state index in [0.29, 0.717) is 18.8 Å². The Labute approximate surface area is 83.3 Å². The summed E-state index contributed by atoms with van der Waals surface area (Å²) < 4.78 is 5.43. The van der Waals surface area contributed by atoms with Crippen molar-refractivity contribution in [3.05, 3.63) is 34.9 Å². The highest BCUT2D eigenvalue weighted by Crippen LogP contribution is 2.25. The van der Waals surface area contributed by atoms with E-state index in [9.17, 15) is 0 Å². The predicted octanol–water partition coefficient (Wildman–Crippen LogP) is 1.35. The minimum Gasteiger partial charge on any atom is -0.375 e. The molecule has 0 aliphatic carbocycles. The Bertz CT molecular complexity index is 381. The lowest BCUT2D eigenvalue weighted by molar-refractivity contribution is 0.0844. The van der Waals surface area contributed by atoms with E-state index in [4.69, 9.17) is 10.00 Å². The number of benzene rings is 1. The van der Waals surface area contributed by atoms with Gasteiger partial charge in [-0.3, -0.25) is 0 Å². The van der Waals surface area contributed by atoms with Crippen molar-refractivity contribution in [2.75, 3.05) is 13.7 Å². The van der Waals surface area contributed by atoms with Crippen molar-refractivity contribution in [1.82, 2.24) is 5.32 Å². The third kappa shape index (κ3) is 1.50. The third-order valence-electron chi connectivity index (χ3n) is 2.54. The van der Waals surface area contributed by atoms with Gasteiger partial charge in [-0.2, -0.15) is 5.26 Å². The third-order valence-corrected chi connectivity index (χ3v) is 2.54. The van der Waals surface area contributed by atoms with Gasteiger partial charge in [-0.1, -0.05) is 6.07 Å². The van der Waals surface area contributed by atoms with E-state index in [0.717, 1.165) is 5.56 Å². The van der Waals surface area contributed by atoms with E-state index < -0.39 is 0 Å². The highest BCUT2D eigenvalue weighted by molar-refractivity contribution is 5.40. The van der Waals surface area contributed by atoms with Crippen LogP contribution in [0.3, 0.4) is 0 Å². The van der Waals surface area contributed by atoms with Gasteiger partial charge >= 0.3 is 0 Å². The molecular weight excluding hydrogens is 176 g/mol. The Kier molecular flexibility index (Phi) is 2.49. The fourth-order valence-electron chi connectivity index (χ4n) is 1.76. The van der Waals surface area contributed by atoms with Gasteiger partial charge in [0.15, 0.2) is 0 Å². The number of nitrogens with zero attached hydrogens (tertiary/aromatic N) is 1. The molecule has 0 amide bonds. The lowest BCUT2D eigenvalue weighted by Crippen LogP contribution is -2.26. The Morgan fingerprint density at radius 1 is 1.57 bits per heavy atom. The van der Waals surface area contributed by atoms with Crippen LogP contribution in [0.1, 0.15) is 22.7 Å². The Balaban J connectivity index is 2.42. The molecule has 1 aromatic carbocycles. The van der Waals surface area contributed by atoms with E-state index in [1.807, 2.05) is 25.2 Å². The van der Waals surface area contributed by atoms with E-state index in [-0.39, 0.29) is 6.04 Å². The van der Waals surface area contributed by atoms with Gasteiger partial charge in [-0.25, -0.2) is 0 Å². The normalized spacial score (nSPS) is 19.9. The van der Waals surface area contributed by atoms with Crippen LogP contribution in [0.5, 0.6) is 0 Å². The van der Waals surface area contributed by atoms with Gasteiger partial charge in [0.2, 0.25) is 0 Å². The molecule has 0 saturated heterocycles. The molecule has 1 aliphatic heterocycles. The molecule has 1 aliphatic rings. The van der Waals surface area contributed by atoms with Gasteiger partial charge in [0, 0.05) is 0 Å². The monoisotopic (exact) mass is 188 g/mol. The summed E-state index contributed by atoms with van der Waals surface area (Å²) in [4.78, 5) is 0. The van der Waals surface area contributed by atoms with Crippen LogP contribution in [0.2, 0.25) is 0 Å². The Morgan fingerprint density at radius 3 is 3.14 bits per heavy atom. The summed E-state index contributed by atoms with van der Waals surface area (Å²) in [5, 5.41) is 11.9. The molecule has 14 heavy (non-hydrogen) atoms. The number of likely N-dealkylation sites (N-methyl/N-ethyl adjacent to an activating group) is 1. The van der Waals surface area contributed by atoms with Crippen LogP contribution < -0.4 is 5.32 Å². The maximum Gasteiger partial charge on any atom is 0.0991 e. The summed E-state index contributed by atoms with van der Waals surface area (Å²) in [7, 11) is 1.92. The maximum absolute atomic E-state index is 8.76. The quantitative estimate of drug-likeness (QED) is 0.723. The molecule has 0 radical (unpaired) electrons. The average molecular weight is 188 g/mol. The SMILES string of the molecule is CN[C@@H]1COCc2cc(C#N)ccc21. The van der Waals surface area contributed by atoms with Crippen molar-refractivity contribution < 1.29 is 4.74 Å². The summed E-state index contributed by atoms with van der Waals surface area (Å²) >= 11 is 0. The summed E-state index contributed by atoms with van der Waals surface area (Å²) in [6, 6.07) is 8.16. The van der Waals surface area contributed by atoms with Crippen LogP contribution >= 0.6 is 0 Å². The van der Waals surface area contributed by atoms with Crippen molar-refractivity contribution in [2.45, 2.75) is 12.6 Å². The van der Waals surface area contributed by atoms with Crippen LogP contribution in [0.15, 0.2) is 18.2 Å².